The number of benzene rings is 3. The summed E-state index contributed by atoms with van der Waals surface area (Å²) in [6, 6.07) is 26.5. The molecule has 0 spiro atoms. The fourth-order valence-corrected chi connectivity index (χ4v) is 7.84. The van der Waals surface area contributed by atoms with Crippen LogP contribution in [0.2, 0.25) is 0 Å². The van der Waals surface area contributed by atoms with Gasteiger partial charge in [0.05, 0.1) is 5.41 Å². The van der Waals surface area contributed by atoms with Crippen LogP contribution < -0.4 is 44.9 Å². The first-order valence-corrected chi connectivity index (χ1v) is 19.4. The van der Waals surface area contributed by atoms with Gasteiger partial charge in [0.15, 0.2) is 5.71 Å². The Hall–Kier alpha value is -4.30. The summed E-state index contributed by atoms with van der Waals surface area (Å²) in [5, 5.41) is 0. The predicted molar refractivity (Wildman–Crippen MR) is 221 cm³/mol. The van der Waals surface area contributed by atoms with Gasteiger partial charge in [-0.25, -0.2) is 4.98 Å². The molecule has 8 heteroatoms. The number of aryl methyl sites for hydroxylation is 2. The summed E-state index contributed by atoms with van der Waals surface area (Å²) in [5.74, 6) is 0.704. The molecule has 0 saturated carbocycles. The number of ketones is 1. The van der Waals surface area contributed by atoms with Crippen LogP contribution in [-0.4, -0.2) is 39.1 Å². The second kappa shape index (κ2) is 18.6. The molecule has 2 aliphatic rings. The Kier molecular flexibility index (Phi) is 14.1. The molecule has 0 aliphatic carbocycles. The van der Waals surface area contributed by atoms with E-state index >= 15 is 0 Å². The van der Waals surface area contributed by atoms with Crippen molar-refractivity contribution in [2.24, 2.45) is 0 Å². The van der Waals surface area contributed by atoms with E-state index in [2.05, 4.69) is 140 Å². The first-order valence-electron chi connectivity index (χ1n) is 19.4. The number of carbonyl (C=O) groups is 1. The molecule has 2 N–H and O–H groups in total. The Morgan fingerprint density at radius 2 is 1.71 bits per heavy atom. The fourth-order valence-electron chi connectivity index (χ4n) is 7.84. The molecule has 4 aromatic rings. The molecule has 0 bridgehead atoms. The number of ether oxygens (including phenoxy) is 1. The maximum absolute atomic E-state index is 12.8. The predicted octanol–water partition coefficient (Wildman–Crippen LogP) is 6.70. The molecule has 0 radical (unpaired) electrons. The number of nitrogens with zero attached hydrogens (tertiary/aromatic N) is 4. The number of nitrogen functional groups attached to an aromatic ring is 1. The number of carbonyl (C=O) groups excluding carboxylic acids is 1. The normalized spacial score (nSPS) is 16.2. The summed E-state index contributed by atoms with van der Waals surface area (Å²) in [7, 11) is 0. The summed E-state index contributed by atoms with van der Waals surface area (Å²) in [6.07, 6.45) is 17.6. The van der Waals surface area contributed by atoms with Gasteiger partial charge in [-0.05, 0) is 81.7 Å². The number of anilines is 2. The van der Waals surface area contributed by atoms with Crippen molar-refractivity contribution in [2.75, 3.05) is 23.7 Å². The Bertz CT molecular complexity index is 2090. The number of likely N-dealkylation sites (N-methyl/N-ethyl adjacent to an activating group) is 1. The molecule has 3 aromatic carbocycles. The average molecular weight is 745 g/mol. The number of fused-ring (bicyclic) bond motifs is 2. The summed E-state index contributed by atoms with van der Waals surface area (Å²) < 4.78 is 8.14. The minimum atomic E-state index is -0.110. The first-order chi connectivity index (χ1) is 26.0. The van der Waals surface area contributed by atoms with E-state index in [-0.39, 0.29) is 46.4 Å². The second-order valence-electron chi connectivity index (χ2n) is 15.5. The molecule has 3 heterocycles. The van der Waals surface area contributed by atoms with Crippen LogP contribution in [0.25, 0.3) is 0 Å². The van der Waals surface area contributed by atoms with Gasteiger partial charge in [0, 0.05) is 55.4 Å². The van der Waals surface area contributed by atoms with Gasteiger partial charge in [-0.1, -0.05) is 73.7 Å². The van der Waals surface area contributed by atoms with Gasteiger partial charge in [0.1, 0.15) is 24.8 Å². The van der Waals surface area contributed by atoms with Crippen molar-refractivity contribution >= 4 is 28.7 Å². The van der Waals surface area contributed by atoms with Crippen LogP contribution in [0.15, 0.2) is 109 Å². The molecule has 2 aliphatic heterocycles. The van der Waals surface area contributed by atoms with Crippen LogP contribution >= 0.6 is 0 Å². The fraction of sp³-hybridized carbons (Fsp3) is 0.362. The number of unbranched alkanes of at least 4 members (excludes halogenated alkanes) is 2. The van der Waals surface area contributed by atoms with Crippen LogP contribution in [0.4, 0.5) is 17.2 Å². The number of aromatic nitrogens is 2. The molecular formula is C47H55N5NaO2+. The third-order valence-corrected chi connectivity index (χ3v) is 10.9. The molecule has 55 heavy (non-hydrogen) atoms. The van der Waals surface area contributed by atoms with E-state index in [9.17, 15) is 4.79 Å². The zero-order valence-corrected chi connectivity index (χ0v) is 35.9. The van der Waals surface area contributed by atoms with Crippen molar-refractivity contribution in [3.8, 4) is 6.01 Å². The van der Waals surface area contributed by atoms with Crippen LogP contribution in [0.1, 0.15) is 94.5 Å². The summed E-state index contributed by atoms with van der Waals surface area (Å²) in [4.78, 5) is 23.4. The van der Waals surface area contributed by atoms with Gasteiger partial charge in [0.25, 0.3) is 0 Å². The largest absolute Gasteiger partial charge is 1.00 e. The smallest absolute Gasteiger partial charge is 0.459 e. The minimum Gasteiger partial charge on any atom is -0.459 e. The van der Waals surface area contributed by atoms with E-state index in [0.29, 0.717) is 31.0 Å². The molecular weight excluding hydrogens is 690 g/mol. The van der Waals surface area contributed by atoms with Crippen molar-refractivity contribution < 1.29 is 43.7 Å². The standard InChI is InChI=1S/C47H55N5O2.Na/c1-7-51-40-18-14-13-17-38(40)46(3,4)42(51)19-11-8-12-20-43-47(5,6)39-32-34(2)21-28-41(39)52(43)31-15-9-10-16-37(53)27-26-35-22-24-36(25-23-35)33-54-45-49-30-29-44(48)50-45;/h8,11-12,14,17-25,28-30,32H,7,9-10,15-16,26-27,31,33H2,1-6H3,(H2,48,49,50);/q;+1. The van der Waals surface area contributed by atoms with E-state index in [1.54, 1.807) is 12.3 Å². The molecule has 280 valence electrons. The van der Waals surface area contributed by atoms with Crippen molar-refractivity contribution in [1.29, 1.82) is 0 Å². The maximum Gasteiger partial charge on any atom is 1.00 e. The van der Waals surface area contributed by atoms with Gasteiger partial charge in [0.2, 0.25) is 5.69 Å². The van der Waals surface area contributed by atoms with E-state index in [4.69, 9.17) is 10.5 Å². The Morgan fingerprint density at radius 3 is 2.47 bits per heavy atom. The molecule has 1 aromatic heterocycles. The Morgan fingerprint density at radius 1 is 0.927 bits per heavy atom. The number of rotatable bonds is 16. The second-order valence-corrected chi connectivity index (χ2v) is 15.5. The first kappa shape index (κ1) is 41.9. The maximum atomic E-state index is 12.8. The molecule has 0 atom stereocenters. The quantitative estimate of drug-likeness (QED) is 0.0452. The van der Waals surface area contributed by atoms with Crippen molar-refractivity contribution in [3.63, 3.8) is 0 Å². The zero-order chi connectivity index (χ0) is 38.3. The SMILES string of the molecule is CCN1/C(=C/C=C/C=C/C2=[N+](CCCCCC(=O)CCc3ccc(COc4nccc(N)n4)cc3)c3ccc(C)cc3C2(C)C)C(C)(C)c2c[c-]ccc21.[Na+]. The summed E-state index contributed by atoms with van der Waals surface area (Å²) in [5.41, 5.74) is 16.9. The summed E-state index contributed by atoms with van der Waals surface area (Å²) in [6.45, 7) is 15.9. The molecule has 0 amide bonds. The van der Waals surface area contributed by atoms with Crippen molar-refractivity contribution in [1.82, 2.24) is 9.97 Å². The van der Waals surface area contributed by atoms with E-state index in [1.165, 1.54) is 39.5 Å². The molecule has 0 saturated heterocycles. The Balaban J connectivity index is 0.00000580. The van der Waals surface area contributed by atoms with Gasteiger partial charge in [-0.3, -0.25) is 4.79 Å². The number of allylic oxidation sites excluding steroid dienone is 6. The third kappa shape index (κ3) is 9.75. The molecule has 6 rings (SSSR count). The zero-order valence-electron chi connectivity index (χ0n) is 33.9. The van der Waals surface area contributed by atoms with Gasteiger partial charge >= 0.3 is 35.6 Å². The molecule has 7 nitrogen and oxygen atoms in total. The van der Waals surface area contributed by atoms with E-state index < -0.39 is 0 Å². The van der Waals surface area contributed by atoms with Gasteiger partial charge < -0.3 is 15.4 Å². The number of nitrogens with two attached hydrogens (primary N) is 1. The Labute approximate surface area is 350 Å². The number of hydrogen-bond donors (Lipinski definition) is 1. The topological polar surface area (TPSA) is 84.3 Å². The van der Waals surface area contributed by atoms with Crippen molar-refractivity contribution in [3.05, 3.63) is 143 Å². The van der Waals surface area contributed by atoms with Crippen molar-refractivity contribution in [2.45, 2.75) is 97.5 Å². The van der Waals surface area contributed by atoms with Crippen LogP contribution in [-0.2, 0) is 28.7 Å². The van der Waals surface area contributed by atoms with Crippen LogP contribution in [0, 0.1) is 13.0 Å². The average Bonchev–Trinajstić information content (AvgIpc) is 3.51. The number of Topliss-reactive ketones (excluding diaryl/α,β-unsaturated/α-hetero) is 1. The van der Waals surface area contributed by atoms with Crippen LogP contribution in [0.3, 0.4) is 0 Å². The van der Waals surface area contributed by atoms with E-state index in [0.717, 1.165) is 49.9 Å². The third-order valence-electron chi connectivity index (χ3n) is 10.9. The summed E-state index contributed by atoms with van der Waals surface area (Å²) >= 11 is 0. The minimum absolute atomic E-state index is 0. The molecule has 0 fully saturated rings. The molecule has 0 unspecified atom stereocenters. The van der Waals surface area contributed by atoms with Gasteiger partial charge in [-0.15, -0.1) is 11.6 Å². The monoisotopic (exact) mass is 744 g/mol. The van der Waals surface area contributed by atoms with Crippen LogP contribution in [0.5, 0.6) is 6.01 Å². The number of hydrogen-bond acceptors (Lipinski definition) is 6. The van der Waals surface area contributed by atoms with E-state index in [1.807, 2.05) is 18.2 Å². The van der Waals surface area contributed by atoms with Gasteiger partial charge in [-0.2, -0.15) is 27.8 Å².